The highest BCUT2D eigenvalue weighted by atomic mass is 16.5. The molecule has 30 heavy (non-hydrogen) atoms. The van der Waals surface area contributed by atoms with E-state index in [1.807, 2.05) is 24.3 Å². The minimum Gasteiger partial charge on any atom is -0.484 e. The first-order chi connectivity index (χ1) is 14.7. The summed E-state index contributed by atoms with van der Waals surface area (Å²) in [6.07, 6.45) is 3.71. The molecule has 0 saturated carbocycles. The number of hydrogen-bond acceptors (Lipinski definition) is 5. The number of nitrogens with one attached hydrogen (secondary N) is 2. The van der Waals surface area contributed by atoms with E-state index >= 15 is 0 Å². The molecule has 3 aromatic rings. The van der Waals surface area contributed by atoms with Gasteiger partial charge < -0.3 is 20.1 Å². The van der Waals surface area contributed by atoms with Crippen molar-refractivity contribution in [2.75, 3.05) is 26.2 Å². The molecule has 4 rings (SSSR count). The van der Waals surface area contributed by atoms with E-state index in [-0.39, 0.29) is 19.1 Å². The quantitative estimate of drug-likeness (QED) is 0.532. The summed E-state index contributed by atoms with van der Waals surface area (Å²) in [5.41, 5.74) is 4.51. The standard InChI is InChI=1S/C23H26N4O3/c28-20(14-27-9-8-17-4-1-2-5-19(17)13-27)11-25-23(29)15-30-21-7-3-6-18(10-21)22-12-24-16-26-22/h1-7,10,12,16,20,28H,8-9,11,13-15H2,(H,24,26)(H,25,29)/t20-/m1/s1. The summed E-state index contributed by atoms with van der Waals surface area (Å²) in [6.45, 7) is 2.38. The number of imidazole rings is 1. The van der Waals surface area contributed by atoms with Crippen LogP contribution in [0.5, 0.6) is 5.75 Å². The number of benzene rings is 2. The van der Waals surface area contributed by atoms with Crippen LogP contribution >= 0.6 is 0 Å². The van der Waals surface area contributed by atoms with Crippen molar-refractivity contribution in [1.29, 1.82) is 0 Å². The Labute approximate surface area is 175 Å². The van der Waals surface area contributed by atoms with E-state index in [4.69, 9.17) is 4.74 Å². The molecule has 0 bridgehead atoms. The van der Waals surface area contributed by atoms with Gasteiger partial charge in [-0.3, -0.25) is 9.69 Å². The Morgan fingerprint density at radius 1 is 1.23 bits per heavy atom. The monoisotopic (exact) mass is 406 g/mol. The molecule has 2 heterocycles. The molecule has 1 amide bonds. The maximum absolute atomic E-state index is 12.1. The number of nitrogens with zero attached hydrogens (tertiary/aromatic N) is 2. The van der Waals surface area contributed by atoms with E-state index in [0.29, 0.717) is 12.3 Å². The van der Waals surface area contributed by atoms with Gasteiger partial charge in [-0.2, -0.15) is 0 Å². The van der Waals surface area contributed by atoms with Crippen molar-refractivity contribution in [2.24, 2.45) is 0 Å². The van der Waals surface area contributed by atoms with Crippen molar-refractivity contribution in [3.63, 3.8) is 0 Å². The van der Waals surface area contributed by atoms with Gasteiger partial charge in [0.05, 0.1) is 24.3 Å². The lowest BCUT2D eigenvalue weighted by molar-refractivity contribution is -0.123. The van der Waals surface area contributed by atoms with E-state index in [2.05, 4.69) is 38.4 Å². The van der Waals surface area contributed by atoms with E-state index in [1.54, 1.807) is 18.6 Å². The van der Waals surface area contributed by atoms with Crippen LogP contribution in [0, 0.1) is 0 Å². The minimum atomic E-state index is -0.622. The van der Waals surface area contributed by atoms with Gasteiger partial charge in [-0.15, -0.1) is 0 Å². The molecule has 7 nitrogen and oxygen atoms in total. The molecule has 0 unspecified atom stereocenters. The van der Waals surface area contributed by atoms with Crippen molar-refractivity contribution < 1.29 is 14.6 Å². The number of aliphatic hydroxyl groups is 1. The van der Waals surface area contributed by atoms with E-state index in [0.717, 1.165) is 30.8 Å². The lowest BCUT2D eigenvalue weighted by Crippen LogP contribution is -2.42. The fourth-order valence-electron chi connectivity index (χ4n) is 3.67. The summed E-state index contributed by atoms with van der Waals surface area (Å²) < 4.78 is 5.59. The second-order valence-electron chi connectivity index (χ2n) is 7.49. The van der Waals surface area contributed by atoms with Gasteiger partial charge in [0.2, 0.25) is 0 Å². The Balaban J connectivity index is 1.19. The van der Waals surface area contributed by atoms with Crippen LogP contribution in [0.15, 0.2) is 61.1 Å². The highest BCUT2D eigenvalue weighted by Crippen LogP contribution is 2.21. The van der Waals surface area contributed by atoms with E-state index in [1.165, 1.54) is 11.1 Å². The minimum absolute atomic E-state index is 0.101. The van der Waals surface area contributed by atoms with Crippen molar-refractivity contribution in [1.82, 2.24) is 20.2 Å². The van der Waals surface area contributed by atoms with Gasteiger partial charge in [0.1, 0.15) is 5.75 Å². The summed E-state index contributed by atoms with van der Waals surface area (Å²) in [6, 6.07) is 15.9. The molecule has 1 aromatic heterocycles. The lowest BCUT2D eigenvalue weighted by atomic mass is 10.00. The summed E-state index contributed by atoms with van der Waals surface area (Å²) in [7, 11) is 0. The number of aromatic nitrogens is 2. The predicted octanol–water partition coefficient (Wildman–Crippen LogP) is 1.99. The fourth-order valence-corrected chi connectivity index (χ4v) is 3.67. The van der Waals surface area contributed by atoms with E-state index in [9.17, 15) is 9.90 Å². The van der Waals surface area contributed by atoms with Crippen LogP contribution in [0.3, 0.4) is 0 Å². The number of aromatic amines is 1. The summed E-state index contributed by atoms with van der Waals surface area (Å²) >= 11 is 0. The Bertz CT molecular complexity index is 974. The molecule has 0 radical (unpaired) electrons. The molecule has 0 fully saturated rings. The van der Waals surface area contributed by atoms with Crippen LogP contribution in [0.1, 0.15) is 11.1 Å². The molecule has 0 aliphatic carbocycles. The van der Waals surface area contributed by atoms with Crippen LogP contribution in [0.25, 0.3) is 11.3 Å². The number of H-pyrrole nitrogens is 1. The SMILES string of the molecule is O=C(COc1cccc(-c2cnc[nH]2)c1)NC[C@@H](O)CN1CCc2ccccc2C1. The third kappa shape index (κ3) is 5.25. The van der Waals surface area contributed by atoms with Gasteiger partial charge in [0, 0.05) is 31.7 Å². The normalized spacial score (nSPS) is 14.7. The van der Waals surface area contributed by atoms with Crippen LogP contribution < -0.4 is 10.1 Å². The van der Waals surface area contributed by atoms with Crippen molar-refractivity contribution >= 4 is 5.91 Å². The van der Waals surface area contributed by atoms with Crippen molar-refractivity contribution in [3.8, 4) is 17.0 Å². The van der Waals surface area contributed by atoms with Crippen LogP contribution in [-0.4, -0.2) is 58.2 Å². The number of rotatable bonds is 8. The van der Waals surface area contributed by atoms with Crippen molar-refractivity contribution in [2.45, 2.75) is 19.1 Å². The summed E-state index contributed by atoms with van der Waals surface area (Å²) in [5, 5.41) is 13.1. The number of aliphatic hydroxyl groups excluding tert-OH is 1. The second-order valence-corrected chi connectivity index (χ2v) is 7.49. The summed E-state index contributed by atoms with van der Waals surface area (Å²) in [4.78, 5) is 21.4. The molecule has 3 N–H and O–H groups in total. The van der Waals surface area contributed by atoms with Gasteiger partial charge >= 0.3 is 0 Å². The van der Waals surface area contributed by atoms with E-state index < -0.39 is 6.10 Å². The Morgan fingerprint density at radius 3 is 2.93 bits per heavy atom. The summed E-state index contributed by atoms with van der Waals surface area (Å²) in [5.74, 6) is 0.342. The molecule has 7 heteroatoms. The molecular formula is C23H26N4O3. The van der Waals surface area contributed by atoms with Gasteiger partial charge in [-0.05, 0) is 29.7 Å². The average Bonchev–Trinajstić information content (AvgIpc) is 3.31. The van der Waals surface area contributed by atoms with Crippen LogP contribution in [0.4, 0.5) is 0 Å². The molecule has 0 spiro atoms. The smallest absolute Gasteiger partial charge is 0.258 e. The topological polar surface area (TPSA) is 90.5 Å². The Kier molecular flexibility index (Phi) is 6.41. The largest absolute Gasteiger partial charge is 0.484 e. The zero-order valence-corrected chi connectivity index (χ0v) is 16.8. The maximum Gasteiger partial charge on any atom is 0.258 e. The first-order valence-corrected chi connectivity index (χ1v) is 10.1. The molecule has 1 aliphatic heterocycles. The number of hydrogen-bond donors (Lipinski definition) is 3. The van der Waals surface area contributed by atoms with Crippen molar-refractivity contribution in [3.05, 3.63) is 72.2 Å². The predicted molar refractivity (Wildman–Crippen MR) is 114 cm³/mol. The van der Waals surface area contributed by atoms with Gasteiger partial charge in [-0.25, -0.2) is 4.98 Å². The molecular weight excluding hydrogens is 380 g/mol. The number of ether oxygens (including phenoxy) is 1. The van der Waals surface area contributed by atoms with Gasteiger partial charge in [0.15, 0.2) is 6.61 Å². The van der Waals surface area contributed by atoms with Gasteiger partial charge in [-0.1, -0.05) is 36.4 Å². The molecule has 2 aromatic carbocycles. The number of amides is 1. The van der Waals surface area contributed by atoms with Crippen LogP contribution in [-0.2, 0) is 17.8 Å². The zero-order chi connectivity index (χ0) is 20.8. The third-order valence-corrected chi connectivity index (χ3v) is 5.23. The molecule has 0 saturated heterocycles. The second kappa shape index (κ2) is 9.56. The fraction of sp³-hybridized carbons (Fsp3) is 0.304. The van der Waals surface area contributed by atoms with Gasteiger partial charge in [0.25, 0.3) is 5.91 Å². The number of fused-ring (bicyclic) bond motifs is 1. The third-order valence-electron chi connectivity index (χ3n) is 5.23. The Hall–Kier alpha value is -3.16. The highest BCUT2D eigenvalue weighted by molar-refractivity contribution is 5.77. The lowest BCUT2D eigenvalue weighted by Gasteiger charge is -2.30. The number of carbonyl (C=O) groups is 1. The highest BCUT2D eigenvalue weighted by Gasteiger charge is 2.18. The maximum atomic E-state index is 12.1. The first kappa shape index (κ1) is 20.1. The van der Waals surface area contributed by atoms with Crippen LogP contribution in [0.2, 0.25) is 0 Å². The number of carbonyl (C=O) groups excluding carboxylic acids is 1. The molecule has 1 atom stereocenters. The molecule has 156 valence electrons. The molecule has 1 aliphatic rings. The first-order valence-electron chi connectivity index (χ1n) is 10.1. The average molecular weight is 406 g/mol. The number of β-amino-alcohol motifs (C(OH)–C–C–N with tert-alkyl or cyclic N) is 1. The zero-order valence-electron chi connectivity index (χ0n) is 16.8. The Morgan fingerprint density at radius 2 is 2.10 bits per heavy atom.